The number of aromatic nitrogens is 1. The summed E-state index contributed by atoms with van der Waals surface area (Å²) in [5.74, 6) is 0.650. The molecule has 5 heteroatoms. The molecule has 1 atom stereocenters. The smallest absolute Gasteiger partial charge is 0.416 e. The lowest BCUT2D eigenvalue weighted by Crippen LogP contribution is -2.43. The summed E-state index contributed by atoms with van der Waals surface area (Å²) in [5.41, 5.74) is 1.43. The minimum absolute atomic E-state index is 0.000466. The second-order valence-electron chi connectivity index (χ2n) is 6.91. The Morgan fingerprint density at radius 3 is 2.74 bits per heavy atom. The van der Waals surface area contributed by atoms with Crippen LogP contribution in [0.15, 0.2) is 23.3 Å². The number of hydrogen-bond acceptors (Lipinski definition) is 4. The summed E-state index contributed by atoms with van der Waals surface area (Å²) < 4.78 is 5.60. The van der Waals surface area contributed by atoms with Crippen molar-refractivity contribution in [1.29, 1.82) is 0 Å². The van der Waals surface area contributed by atoms with Gasteiger partial charge in [0.15, 0.2) is 0 Å². The molecule has 0 bridgehead atoms. The van der Waals surface area contributed by atoms with E-state index in [0.717, 1.165) is 37.1 Å². The summed E-state index contributed by atoms with van der Waals surface area (Å²) >= 11 is 0. The summed E-state index contributed by atoms with van der Waals surface area (Å²) in [5, 5.41) is 0. The molecule has 0 aromatic carbocycles. The first-order valence-corrected chi connectivity index (χ1v) is 8.34. The highest BCUT2D eigenvalue weighted by Crippen LogP contribution is 2.26. The van der Waals surface area contributed by atoms with Gasteiger partial charge in [-0.25, -0.2) is 9.78 Å². The SMILES string of the molecule is CC[C@H](C)N(C(=O)OC(C)(C)C)c1ncccc1C1=NCCC1. The minimum Gasteiger partial charge on any atom is -0.443 e. The van der Waals surface area contributed by atoms with Crippen molar-refractivity contribution in [3.63, 3.8) is 0 Å². The first-order valence-electron chi connectivity index (χ1n) is 8.34. The van der Waals surface area contributed by atoms with Crippen LogP contribution in [0.5, 0.6) is 0 Å². The summed E-state index contributed by atoms with van der Waals surface area (Å²) in [6.45, 7) is 10.5. The summed E-state index contributed by atoms with van der Waals surface area (Å²) in [7, 11) is 0. The summed E-state index contributed by atoms with van der Waals surface area (Å²) in [6, 6.07) is 3.89. The number of ether oxygens (including phenoxy) is 1. The Hall–Kier alpha value is -1.91. The first-order chi connectivity index (χ1) is 10.8. The molecule has 1 aromatic rings. The van der Waals surface area contributed by atoms with E-state index in [0.29, 0.717) is 5.82 Å². The summed E-state index contributed by atoms with van der Waals surface area (Å²) in [4.78, 5) is 23.5. The molecule has 5 nitrogen and oxygen atoms in total. The van der Waals surface area contributed by atoms with E-state index in [-0.39, 0.29) is 12.1 Å². The fourth-order valence-corrected chi connectivity index (χ4v) is 2.54. The molecule has 1 aliphatic heterocycles. The van der Waals surface area contributed by atoms with Gasteiger partial charge in [-0.2, -0.15) is 0 Å². The van der Waals surface area contributed by atoms with Crippen molar-refractivity contribution in [2.24, 2.45) is 4.99 Å². The Balaban J connectivity index is 2.42. The molecule has 0 spiro atoms. The van der Waals surface area contributed by atoms with Crippen molar-refractivity contribution in [2.75, 3.05) is 11.4 Å². The molecule has 1 amide bonds. The van der Waals surface area contributed by atoms with E-state index in [1.54, 1.807) is 11.1 Å². The lowest BCUT2D eigenvalue weighted by atomic mass is 10.1. The molecular weight excluding hydrogens is 290 g/mol. The van der Waals surface area contributed by atoms with Crippen LogP contribution in [0.2, 0.25) is 0 Å². The van der Waals surface area contributed by atoms with Crippen LogP contribution in [-0.4, -0.2) is 35.0 Å². The Labute approximate surface area is 138 Å². The molecule has 0 fully saturated rings. The highest BCUT2D eigenvalue weighted by atomic mass is 16.6. The standard InChI is InChI=1S/C18H27N3O2/c1-6-13(2)21(17(22)23-18(3,4)5)16-14(9-7-12-20-16)15-10-8-11-19-15/h7,9,12-13H,6,8,10-11H2,1-5H3/t13-/m0/s1. The van der Waals surface area contributed by atoms with E-state index in [1.165, 1.54) is 0 Å². The van der Waals surface area contributed by atoms with Crippen molar-refractivity contribution < 1.29 is 9.53 Å². The quantitative estimate of drug-likeness (QED) is 0.836. The zero-order valence-corrected chi connectivity index (χ0v) is 14.8. The van der Waals surface area contributed by atoms with Crippen LogP contribution in [0.4, 0.5) is 10.6 Å². The van der Waals surface area contributed by atoms with Gasteiger partial charge in [-0.1, -0.05) is 6.92 Å². The Morgan fingerprint density at radius 1 is 1.43 bits per heavy atom. The topological polar surface area (TPSA) is 54.8 Å². The van der Waals surface area contributed by atoms with Gasteiger partial charge in [-0.3, -0.25) is 9.89 Å². The van der Waals surface area contributed by atoms with Crippen LogP contribution in [-0.2, 0) is 4.74 Å². The maximum absolute atomic E-state index is 12.8. The molecule has 0 saturated carbocycles. The fraction of sp³-hybridized carbons (Fsp3) is 0.611. The van der Waals surface area contributed by atoms with Crippen molar-refractivity contribution in [2.45, 2.75) is 65.5 Å². The third-order valence-electron chi connectivity index (χ3n) is 3.82. The van der Waals surface area contributed by atoms with Gasteiger partial charge in [-0.05, 0) is 59.1 Å². The number of amides is 1. The van der Waals surface area contributed by atoms with Crippen LogP contribution in [0.3, 0.4) is 0 Å². The minimum atomic E-state index is -0.539. The molecule has 126 valence electrons. The van der Waals surface area contributed by atoms with E-state index in [2.05, 4.69) is 16.9 Å². The monoisotopic (exact) mass is 317 g/mol. The van der Waals surface area contributed by atoms with Crippen LogP contribution >= 0.6 is 0 Å². The molecule has 2 heterocycles. The van der Waals surface area contributed by atoms with E-state index in [1.807, 2.05) is 39.8 Å². The average Bonchev–Trinajstić information content (AvgIpc) is 3.00. The molecule has 0 unspecified atom stereocenters. The predicted octanol–water partition coefficient (Wildman–Crippen LogP) is 4.20. The average molecular weight is 317 g/mol. The van der Waals surface area contributed by atoms with Crippen LogP contribution in [0.1, 0.15) is 59.4 Å². The number of carbonyl (C=O) groups is 1. The molecule has 0 aliphatic carbocycles. The molecule has 2 rings (SSSR count). The number of hydrogen-bond donors (Lipinski definition) is 0. The largest absolute Gasteiger partial charge is 0.443 e. The molecule has 0 radical (unpaired) electrons. The van der Waals surface area contributed by atoms with Gasteiger partial charge in [0.2, 0.25) is 0 Å². The number of aliphatic imine (C=N–C) groups is 1. The van der Waals surface area contributed by atoms with E-state index >= 15 is 0 Å². The number of carbonyl (C=O) groups excluding carboxylic acids is 1. The maximum Gasteiger partial charge on any atom is 0.416 e. The van der Waals surface area contributed by atoms with Crippen LogP contribution in [0, 0.1) is 0 Å². The number of pyridine rings is 1. The van der Waals surface area contributed by atoms with Crippen molar-refractivity contribution in [3.8, 4) is 0 Å². The zero-order valence-electron chi connectivity index (χ0n) is 14.8. The third kappa shape index (κ3) is 4.30. The van der Waals surface area contributed by atoms with E-state index in [4.69, 9.17) is 4.74 Å². The highest BCUT2D eigenvalue weighted by molar-refractivity contribution is 6.07. The van der Waals surface area contributed by atoms with Gasteiger partial charge in [0.25, 0.3) is 0 Å². The number of nitrogens with zero attached hydrogens (tertiary/aromatic N) is 3. The van der Waals surface area contributed by atoms with Crippen LogP contribution in [0.25, 0.3) is 0 Å². The molecule has 1 aliphatic rings. The van der Waals surface area contributed by atoms with Crippen molar-refractivity contribution in [1.82, 2.24) is 4.98 Å². The Morgan fingerprint density at radius 2 is 2.17 bits per heavy atom. The van der Waals surface area contributed by atoms with Gasteiger partial charge in [-0.15, -0.1) is 0 Å². The molecule has 23 heavy (non-hydrogen) atoms. The van der Waals surface area contributed by atoms with E-state index < -0.39 is 5.60 Å². The van der Waals surface area contributed by atoms with Crippen molar-refractivity contribution >= 4 is 17.6 Å². The second-order valence-corrected chi connectivity index (χ2v) is 6.91. The third-order valence-corrected chi connectivity index (χ3v) is 3.82. The van der Waals surface area contributed by atoms with Crippen LogP contribution < -0.4 is 4.90 Å². The molecule has 1 aromatic heterocycles. The molecule has 0 N–H and O–H groups in total. The second kappa shape index (κ2) is 7.11. The number of rotatable bonds is 4. The van der Waals surface area contributed by atoms with Gasteiger partial charge in [0, 0.05) is 30.1 Å². The first kappa shape index (κ1) is 17.4. The van der Waals surface area contributed by atoms with Gasteiger partial charge in [0.05, 0.1) is 0 Å². The molecular formula is C18H27N3O2. The predicted molar refractivity (Wildman–Crippen MR) is 93.3 cm³/mol. The van der Waals surface area contributed by atoms with Gasteiger partial charge >= 0.3 is 6.09 Å². The lowest BCUT2D eigenvalue weighted by molar-refractivity contribution is 0.0566. The Kier molecular flexibility index (Phi) is 5.39. The zero-order chi connectivity index (χ0) is 17.0. The number of anilines is 1. The summed E-state index contributed by atoms with van der Waals surface area (Å²) in [6.07, 6.45) is 4.17. The van der Waals surface area contributed by atoms with Gasteiger partial charge < -0.3 is 4.74 Å². The van der Waals surface area contributed by atoms with Crippen molar-refractivity contribution in [3.05, 3.63) is 23.9 Å². The normalized spacial score (nSPS) is 16.0. The van der Waals surface area contributed by atoms with Gasteiger partial charge in [0.1, 0.15) is 11.4 Å². The lowest BCUT2D eigenvalue weighted by Gasteiger charge is -2.31. The fourth-order valence-electron chi connectivity index (χ4n) is 2.54. The highest BCUT2D eigenvalue weighted by Gasteiger charge is 2.30. The van der Waals surface area contributed by atoms with E-state index in [9.17, 15) is 4.79 Å². The Bertz CT molecular complexity index is 590. The maximum atomic E-state index is 12.8. The molecule has 0 saturated heterocycles.